The zero-order chi connectivity index (χ0) is 22.3. The number of thioether (sulfide) groups is 1. The second kappa shape index (κ2) is 10.7. The van der Waals surface area contributed by atoms with Crippen molar-refractivity contribution < 1.29 is 27.9 Å². The summed E-state index contributed by atoms with van der Waals surface area (Å²) in [6.45, 7) is 4.55. The SMILES string of the molecule is Cc1ccc(NC(=O)C(C)OC(=O)C(C)SCC(=O)Nc2ccc(F)cc2)cc1F. The first-order valence-electron chi connectivity index (χ1n) is 9.10. The molecule has 0 fully saturated rings. The number of nitrogens with one attached hydrogen (secondary N) is 2. The van der Waals surface area contributed by atoms with Crippen LogP contribution >= 0.6 is 11.8 Å². The van der Waals surface area contributed by atoms with Gasteiger partial charge in [0, 0.05) is 11.4 Å². The van der Waals surface area contributed by atoms with Crippen molar-refractivity contribution in [2.24, 2.45) is 0 Å². The number of carbonyl (C=O) groups is 3. The van der Waals surface area contributed by atoms with Gasteiger partial charge in [0.15, 0.2) is 6.10 Å². The Bertz CT molecular complexity index is 922. The van der Waals surface area contributed by atoms with E-state index in [1.807, 2.05) is 0 Å². The van der Waals surface area contributed by atoms with Crippen LogP contribution in [0.15, 0.2) is 42.5 Å². The molecule has 2 atom stereocenters. The lowest BCUT2D eigenvalue weighted by Crippen LogP contribution is -2.33. The molecule has 0 radical (unpaired) electrons. The van der Waals surface area contributed by atoms with Gasteiger partial charge in [-0.15, -0.1) is 11.8 Å². The first-order chi connectivity index (χ1) is 14.2. The quantitative estimate of drug-likeness (QED) is 0.613. The molecule has 0 aliphatic rings. The van der Waals surface area contributed by atoms with Crippen molar-refractivity contribution in [2.75, 3.05) is 16.4 Å². The van der Waals surface area contributed by atoms with Crippen LogP contribution in [0.1, 0.15) is 19.4 Å². The molecule has 2 rings (SSSR count). The molecule has 2 amide bonds. The van der Waals surface area contributed by atoms with Crippen LogP contribution < -0.4 is 10.6 Å². The highest BCUT2D eigenvalue weighted by Gasteiger charge is 2.23. The van der Waals surface area contributed by atoms with E-state index < -0.39 is 34.9 Å². The third-order valence-corrected chi connectivity index (χ3v) is 5.15. The van der Waals surface area contributed by atoms with E-state index >= 15 is 0 Å². The van der Waals surface area contributed by atoms with E-state index in [0.717, 1.165) is 11.8 Å². The van der Waals surface area contributed by atoms with E-state index in [-0.39, 0.29) is 17.3 Å². The van der Waals surface area contributed by atoms with Crippen LogP contribution in [0.25, 0.3) is 0 Å². The van der Waals surface area contributed by atoms with Gasteiger partial charge >= 0.3 is 5.97 Å². The van der Waals surface area contributed by atoms with Crippen LogP contribution in [0.5, 0.6) is 0 Å². The highest BCUT2D eigenvalue weighted by Crippen LogP contribution is 2.17. The summed E-state index contributed by atoms with van der Waals surface area (Å²) >= 11 is 1.03. The van der Waals surface area contributed by atoms with Crippen molar-refractivity contribution in [1.29, 1.82) is 0 Å². The molecule has 2 aromatic rings. The third-order valence-electron chi connectivity index (χ3n) is 4.03. The molecule has 0 spiro atoms. The van der Waals surface area contributed by atoms with Crippen LogP contribution in [0.4, 0.5) is 20.2 Å². The molecule has 6 nitrogen and oxygen atoms in total. The highest BCUT2D eigenvalue weighted by molar-refractivity contribution is 8.01. The molecule has 0 aromatic heterocycles. The summed E-state index contributed by atoms with van der Waals surface area (Å²) in [4.78, 5) is 36.2. The monoisotopic (exact) mass is 436 g/mol. The maximum Gasteiger partial charge on any atom is 0.319 e. The number of hydrogen-bond donors (Lipinski definition) is 2. The second-order valence-electron chi connectivity index (χ2n) is 6.54. The molecular weight excluding hydrogens is 414 g/mol. The number of ether oxygens (including phenoxy) is 1. The Balaban J connectivity index is 1.77. The van der Waals surface area contributed by atoms with E-state index in [2.05, 4.69) is 10.6 Å². The second-order valence-corrected chi connectivity index (χ2v) is 7.87. The maximum absolute atomic E-state index is 13.6. The van der Waals surface area contributed by atoms with E-state index in [9.17, 15) is 23.2 Å². The zero-order valence-corrected chi connectivity index (χ0v) is 17.5. The maximum atomic E-state index is 13.6. The third kappa shape index (κ3) is 7.14. The molecule has 9 heteroatoms. The molecule has 0 aliphatic carbocycles. The van der Waals surface area contributed by atoms with E-state index in [1.54, 1.807) is 19.9 Å². The molecule has 2 aromatic carbocycles. The molecule has 0 heterocycles. The molecule has 0 aliphatic heterocycles. The topological polar surface area (TPSA) is 84.5 Å². The van der Waals surface area contributed by atoms with E-state index in [4.69, 9.17) is 4.74 Å². The lowest BCUT2D eigenvalue weighted by molar-refractivity contribution is -0.152. The molecule has 0 bridgehead atoms. The number of benzene rings is 2. The van der Waals surface area contributed by atoms with E-state index in [0.29, 0.717) is 11.3 Å². The van der Waals surface area contributed by atoms with Crippen LogP contribution in [-0.4, -0.2) is 34.9 Å². The van der Waals surface area contributed by atoms with Crippen molar-refractivity contribution in [1.82, 2.24) is 0 Å². The number of anilines is 2. The number of carbonyl (C=O) groups excluding carboxylic acids is 3. The fraction of sp³-hybridized carbons (Fsp3) is 0.286. The average Bonchev–Trinajstić information content (AvgIpc) is 2.70. The number of rotatable bonds is 8. The van der Waals surface area contributed by atoms with Crippen molar-refractivity contribution in [3.63, 3.8) is 0 Å². The molecule has 30 heavy (non-hydrogen) atoms. The summed E-state index contributed by atoms with van der Waals surface area (Å²) in [5.41, 5.74) is 1.14. The molecule has 0 saturated heterocycles. The largest absolute Gasteiger partial charge is 0.452 e. The number of hydrogen-bond acceptors (Lipinski definition) is 5. The summed E-state index contributed by atoms with van der Waals surface area (Å²) in [6, 6.07) is 9.55. The van der Waals surface area contributed by atoms with Crippen LogP contribution in [0.3, 0.4) is 0 Å². The Kier molecular flexibility index (Phi) is 8.35. The van der Waals surface area contributed by atoms with Crippen molar-refractivity contribution in [3.05, 3.63) is 59.7 Å². The van der Waals surface area contributed by atoms with Crippen LogP contribution in [-0.2, 0) is 19.1 Å². The summed E-state index contributed by atoms with van der Waals surface area (Å²) in [5, 5.41) is 4.37. The Labute approximate surface area is 177 Å². The van der Waals surface area contributed by atoms with Gasteiger partial charge in [0.2, 0.25) is 5.91 Å². The fourth-order valence-corrected chi connectivity index (χ4v) is 2.90. The van der Waals surface area contributed by atoms with Gasteiger partial charge in [0.25, 0.3) is 5.91 Å². The van der Waals surface area contributed by atoms with Crippen molar-refractivity contribution in [2.45, 2.75) is 32.1 Å². The lowest BCUT2D eigenvalue weighted by Gasteiger charge is -2.16. The molecule has 2 N–H and O–H groups in total. The lowest BCUT2D eigenvalue weighted by atomic mass is 10.2. The number of halogens is 2. The predicted molar refractivity (Wildman–Crippen MR) is 112 cm³/mol. The van der Waals surface area contributed by atoms with Crippen LogP contribution in [0.2, 0.25) is 0 Å². The first kappa shape index (κ1) is 23.3. The Morgan fingerprint density at radius 3 is 2.27 bits per heavy atom. The summed E-state index contributed by atoms with van der Waals surface area (Å²) in [5.74, 6) is -2.52. The van der Waals surface area contributed by atoms with Gasteiger partial charge in [0.05, 0.1) is 5.75 Å². The van der Waals surface area contributed by atoms with Gasteiger partial charge in [-0.1, -0.05) is 6.07 Å². The molecule has 0 saturated carbocycles. The van der Waals surface area contributed by atoms with Crippen molar-refractivity contribution in [3.8, 4) is 0 Å². The van der Waals surface area contributed by atoms with Gasteiger partial charge in [-0.05, 0) is 62.7 Å². The minimum atomic E-state index is -1.10. The summed E-state index contributed by atoms with van der Waals surface area (Å²) in [7, 11) is 0. The van der Waals surface area contributed by atoms with Gasteiger partial charge in [-0.25, -0.2) is 8.78 Å². The molecular formula is C21H22F2N2O4S. The van der Waals surface area contributed by atoms with Crippen molar-refractivity contribution >= 4 is 40.9 Å². The fourth-order valence-electron chi connectivity index (χ4n) is 2.24. The van der Waals surface area contributed by atoms with Gasteiger partial charge in [0.1, 0.15) is 16.9 Å². The summed E-state index contributed by atoms with van der Waals surface area (Å²) < 4.78 is 31.6. The Hall–Kier alpha value is -2.94. The number of aryl methyl sites for hydroxylation is 1. The summed E-state index contributed by atoms with van der Waals surface area (Å²) in [6.07, 6.45) is -1.10. The minimum absolute atomic E-state index is 0.0309. The predicted octanol–water partition coefficient (Wildman–Crippen LogP) is 3.90. The van der Waals surface area contributed by atoms with Gasteiger partial charge < -0.3 is 15.4 Å². The Morgan fingerprint density at radius 2 is 1.63 bits per heavy atom. The number of amides is 2. The van der Waals surface area contributed by atoms with Gasteiger partial charge in [-0.3, -0.25) is 14.4 Å². The number of esters is 1. The molecule has 160 valence electrons. The van der Waals surface area contributed by atoms with E-state index in [1.165, 1.54) is 43.3 Å². The van der Waals surface area contributed by atoms with Gasteiger partial charge in [-0.2, -0.15) is 0 Å². The first-order valence-corrected chi connectivity index (χ1v) is 10.1. The normalized spacial score (nSPS) is 12.6. The molecule has 2 unspecified atom stereocenters. The Morgan fingerprint density at radius 1 is 1.00 bits per heavy atom. The zero-order valence-electron chi connectivity index (χ0n) is 16.7. The van der Waals surface area contributed by atoms with Crippen LogP contribution in [0, 0.1) is 18.6 Å². The average molecular weight is 436 g/mol. The minimum Gasteiger partial charge on any atom is -0.452 e. The standard InChI is InChI=1S/C21H22F2N2O4S/c1-12-4-7-17(10-18(12)23)25-20(27)13(2)29-21(28)14(3)30-11-19(26)24-16-8-5-15(22)6-9-16/h4-10,13-14H,11H2,1-3H3,(H,24,26)(H,25,27). The highest BCUT2D eigenvalue weighted by atomic mass is 32.2. The smallest absolute Gasteiger partial charge is 0.319 e.